The zero-order valence-corrected chi connectivity index (χ0v) is 12.1. The molecule has 0 saturated heterocycles. The van der Waals surface area contributed by atoms with Crippen molar-refractivity contribution in [3.8, 4) is 0 Å². The molecule has 5 nitrogen and oxygen atoms in total. The van der Waals surface area contributed by atoms with Gasteiger partial charge in [-0.2, -0.15) is 0 Å². The van der Waals surface area contributed by atoms with E-state index in [1.165, 1.54) is 6.42 Å². The average molecular weight is 270 g/mol. The Morgan fingerprint density at radius 3 is 2.63 bits per heavy atom. The molecule has 0 bridgehead atoms. The summed E-state index contributed by atoms with van der Waals surface area (Å²) in [6, 6.07) is -0.657. The van der Waals surface area contributed by atoms with Crippen molar-refractivity contribution in [1.82, 2.24) is 5.32 Å². The summed E-state index contributed by atoms with van der Waals surface area (Å²) < 4.78 is 5.89. The molecule has 4 unspecified atom stereocenters. The zero-order chi connectivity index (χ0) is 14.4. The molecule has 0 aromatic rings. The van der Waals surface area contributed by atoms with Gasteiger partial charge in [0.2, 0.25) is 11.8 Å². The van der Waals surface area contributed by atoms with Crippen LogP contribution in [-0.2, 0) is 14.3 Å². The number of hydrogen-bond acceptors (Lipinski definition) is 3. The van der Waals surface area contributed by atoms with Gasteiger partial charge < -0.3 is 15.8 Å². The molecular weight excluding hydrogens is 244 g/mol. The molecule has 0 spiro atoms. The second-order valence-electron chi connectivity index (χ2n) is 5.56. The van der Waals surface area contributed by atoms with E-state index >= 15 is 0 Å². The van der Waals surface area contributed by atoms with Gasteiger partial charge in [0.15, 0.2) is 0 Å². The van der Waals surface area contributed by atoms with Crippen LogP contribution in [0.5, 0.6) is 0 Å². The molecule has 19 heavy (non-hydrogen) atoms. The Morgan fingerprint density at radius 1 is 1.42 bits per heavy atom. The van der Waals surface area contributed by atoms with Crippen LogP contribution in [0.1, 0.15) is 52.9 Å². The van der Waals surface area contributed by atoms with Gasteiger partial charge in [0, 0.05) is 0 Å². The summed E-state index contributed by atoms with van der Waals surface area (Å²) in [5.74, 6) is -0.120. The third kappa shape index (κ3) is 5.19. The normalized spacial score (nSPS) is 26.5. The molecule has 1 aliphatic carbocycles. The van der Waals surface area contributed by atoms with Crippen LogP contribution in [-0.4, -0.2) is 30.1 Å². The summed E-state index contributed by atoms with van der Waals surface area (Å²) in [6.45, 7) is 5.70. The van der Waals surface area contributed by atoms with Crippen LogP contribution in [0, 0.1) is 5.92 Å². The first-order chi connectivity index (χ1) is 8.93. The van der Waals surface area contributed by atoms with E-state index in [0.29, 0.717) is 12.3 Å². The first-order valence-electron chi connectivity index (χ1n) is 7.19. The summed E-state index contributed by atoms with van der Waals surface area (Å²) in [5, 5.41) is 2.59. The molecule has 0 aliphatic heterocycles. The fraction of sp³-hybridized carbons (Fsp3) is 0.857. The molecule has 0 aromatic heterocycles. The minimum Gasteiger partial charge on any atom is -0.368 e. The quantitative estimate of drug-likeness (QED) is 0.764. The lowest BCUT2D eigenvalue weighted by molar-refractivity contribution is -0.141. The van der Waals surface area contributed by atoms with Crippen molar-refractivity contribution in [1.29, 1.82) is 0 Å². The van der Waals surface area contributed by atoms with Crippen LogP contribution < -0.4 is 11.1 Å². The van der Waals surface area contributed by atoms with E-state index in [9.17, 15) is 9.59 Å². The number of ether oxygens (including phenoxy) is 1. The van der Waals surface area contributed by atoms with Gasteiger partial charge in [-0.3, -0.25) is 9.59 Å². The fourth-order valence-corrected chi connectivity index (χ4v) is 2.46. The number of nitrogens with two attached hydrogens (primary N) is 1. The summed E-state index contributed by atoms with van der Waals surface area (Å²) >= 11 is 0. The van der Waals surface area contributed by atoms with Crippen molar-refractivity contribution in [2.45, 2.75) is 71.1 Å². The molecule has 0 aromatic carbocycles. The van der Waals surface area contributed by atoms with Gasteiger partial charge in [-0.15, -0.1) is 0 Å². The number of amides is 2. The standard InChI is InChI=1S/C14H26N2O3/c1-4-12(14(18)16-10(3)13(15)17)19-11-7-5-6-9(2)8-11/h9-12H,4-8H2,1-3H3,(H2,15,17)(H,16,18). The van der Waals surface area contributed by atoms with Crippen molar-refractivity contribution in [3.05, 3.63) is 0 Å². The van der Waals surface area contributed by atoms with Gasteiger partial charge in [0.1, 0.15) is 12.1 Å². The number of primary amides is 1. The number of carbonyl (C=O) groups is 2. The smallest absolute Gasteiger partial charge is 0.249 e. The van der Waals surface area contributed by atoms with Crippen molar-refractivity contribution in [2.24, 2.45) is 11.7 Å². The number of nitrogens with one attached hydrogen (secondary N) is 1. The van der Waals surface area contributed by atoms with E-state index in [4.69, 9.17) is 10.5 Å². The molecule has 1 rings (SSSR count). The fourth-order valence-electron chi connectivity index (χ4n) is 2.46. The molecule has 1 saturated carbocycles. The molecule has 0 radical (unpaired) electrons. The predicted octanol–water partition coefficient (Wildman–Crippen LogP) is 1.35. The van der Waals surface area contributed by atoms with E-state index in [1.54, 1.807) is 6.92 Å². The summed E-state index contributed by atoms with van der Waals surface area (Å²) in [7, 11) is 0. The average Bonchev–Trinajstić information content (AvgIpc) is 2.35. The Bertz CT molecular complexity index is 320. The highest BCUT2D eigenvalue weighted by atomic mass is 16.5. The van der Waals surface area contributed by atoms with E-state index in [1.807, 2.05) is 6.92 Å². The topological polar surface area (TPSA) is 81.4 Å². The van der Waals surface area contributed by atoms with Crippen LogP contribution in [0.3, 0.4) is 0 Å². The first-order valence-corrected chi connectivity index (χ1v) is 7.19. The number of carbonyl (C=O) groups excluding carboxylic acids is 2. The Balaban J connectivity index is 2.47. The van der Waals surface area contributed by atoms with Crippen LogP contribution in [0.25, 0.3) is 0 Å². The minimum atomic E-state index is -0.657. The maximum Gasteiger partial charge on any atom is 0.249 e. The highest BCUT2D eigenvalue weighted by Crippen LogP contribution is 2.26. The molecule has 1 fully saturated rings. The third-order valence-electron chi connectivity index (χ3n) is 3.69. The summed E-state index contributed by atoms with van der Waals surface area (Å²) in [5.41, 5.74) is 5.13. The molecular formula is C14H26N2O3. The molecule has 5 heteroatoms. The Hall–Kier alpha value is -1.10. The van der Waals surface area contributed by atoms with Crippen molar-refractivity contribution < 1.29 is 14.3 Å². The van der Waals surface area contributed by atoms with Crippen molar-refractivity contribution >= 4 is 11.8 Å². The van der Waals surface area contributed by atoms with Crippen LogP contribution in [0.2, 0.25) is 0 Å². The number of rotatable bonds is 6. The lowest BCUT2D eigenvalue weighted by atomic mass is 9.88. The second-order valence-corrected chi connectivity index (χ2v) is 5.56. The third-order valence-corrected chi connectivity index (χ3v) is 3.69. The number of hydrogen-bond donors (Lipinski definition) is 2. The molecule has 0 heterocycles. The maximum atomic E-state index is 12.0. The second kappa shape index (κ2) is 7.48. The van der Waals surface area contributed by atoms with Crippen LogP contribution in [0.4, 0.5) is 0 Å². The highest BCUT2D eigenvalue weighted by molar-refractivity contribution is 5.88. The van der Waals surface area contributed by atoms with E-state index in [-0.39, 0.29) is 12.0 Å². The van der Waals surface area contributed by atoms with Gasteiger partial charge >= 0.3 is 0 Å². The molecule has 2 amide bonds. The SMILES string of the molecule is CCC(OC1CCCC(C)C1)C(=O)NC(C)C(N)=O. The lowest BCUT2D eigenvalue weighted by Crippen LogP contribution is -2.47. The van der Waals surface area contributed by atoms with Crippen LogP contribution >= 0.6 is 0 Å². The largest absolute Gasteiger partial charge is 0.368 e. The van der Waals surface area contributed by atoms with Crippen molar-refractivity contribution in [3.63, 3.8) is 0 Å². The van der Waals surface area contributed by atoms with Gasteiger partial charge in [0.25, 0.3) is 0 Å². The molecule has 110 valence electrons. The summed E-state index contributed by atoms with van der Waals surface area (Å²) in [4.78, 5) is 22.9. The molecule has 1 aliphatic rings. The van der Waals surface area contributed by atoms with Gasteiger partial charge in [-0.1, -0.05) is 26.7 Å². The Labute approximate surface area is 115 Å². The minimum absolute atomic E-state index is 0.156. The Kier molecular flexibility index (Phi) is 6.28. The molecule has 4 atom stereocenters. The predicted molar refractivity (Wildman–Crippen MR) is 73.4 cm³/mol. The van der Waals surface area contributed by atoms with E-state index < -0.39 is 18.1 Å². The Morgan fingerprint density at radius 2 is 2.11 bits per heavy atom. The van der Waals surface area contributed by atoms with Gasteiger partial charge in [-0.05, 0) is 32.1 Å². The summed E-state index contributed by atoms with van der Waals surface area (Å²) in [6.07, 6.45) is 4.68. The van der Waals surface area contributed by atoms with Crippen LogP contribution in [0.15, 0.2) is 0 Å². The van der Waals surface area contributed by atoms with Crippen molar-refractivity contribution in [2.75, 3.05) is 0 Å². The van der Waals surface area contributed by atoms with Gasteiger partial charge in [0.05, 0.1) is 6.10 Å². The highest BCUT2D eigenvalue weighted by Gasteiger charge is 2.27. The monoisotopic (exact) mass is 270 g/mol. The van der Waals surface area contributed by atoms with E-state index in [2.05, 4.69) is 12.2 Å². The first kappa shape index (κ1) is 16.0. The molecule has 3 N–H and O–H groups in total. The van der Waals surface area contributed by atoms with E-state index in [0.717, 1.165) is 19.3 Å². The lowest BCUT2D eigenvalue weighted by Gasteiger charge is -2.30. The maximum absolute atomic E-state index is 12.0. The van der Waals surface area contributed by atoms with Gasteiger partial charge in [-0.25, -0.2) is 0 Å². The zero-order valence-electron chi connectivity index (χ0n) is 12.1.